The molecular weight excluding hydrogens is 238 g/mol. The van der Waals surface area contributed by atoms with Gasteiger partial charge in [0.2, 0.25) is 5.95 Å². The summed E-state index contributed by atoms with van der Waals surface area (Å²) in [4.78, 5) is 11.1. The minimum absolute atomic E-state index is 0.715. The normalized spacial score (nSPS) is 20.2. The molecule has 0 spiro atoms. The van der Waals surface area contributed by atoms with Crippen LogP contribution < -0.4 is 10.6 Å². The molecule has 1 saturated heterocycles. The highest BCUT2D eigenvalue weighted by molar-refractivity contribution is 5.39. The molecule has 0 saturated carbocycles. The molecule has 0 radical (unpaired) electrons. The predicted octanol–water partition coefficient (Wildman–Crippen LogP) is 2.05. The van der Waals surface area contributed by atoms with Crippen LogP contribution in [-0.4, -0.2) is 48.1 Å². The van der Waals surface area contributed by atoms with E-state index in [0.717, 1.165) is 31.2 Å². The molecule has 2 N–H and O–H groups in total. The lowest BCUT2D eigenvalue weighted by molar-refractivity contribution is 0.217. The third-order valence-electron chi connectivity index (χ3n) is 3.48. The molecule has 1 aromatic heterocycles. The Morgan fingerprint density at radius 3 is 3.11 bits per heavy atom. The summed E-state index contributed by atoms with van der Waals surface area (Å²) in [6, 6.07) is 1.93. The second kappa shape index (κ2) is 7.28. The van der Waals surface area contributed by atoms with Crippen molar-refractivity contribution < 1.29 is 0 Å². The molecule has 2 heterocycles. The average Bonchev–Trinajstić information content (AvgIpc) is 2.43. The van der Waals surface area contributed by atoms with Gasteiger partial charge >= 0.3 is 0 Å². The summed E-state index contributed by atoms with van der Waals surface area (Å²) in [5, 5.41) is 6.64. The Kier molecular flexibility index (Phi) is 5.39. The summed E-state index contributed by atoms with van der Waals surface area (Å²) in [7, 11) is 2.20. The molecule has 0 amide bonds. The van der Waals surface area contributed by atoms with E-state index in [1.807, 2.05) is 6.07 Å². The molecule has 5 heteroatoms. The Hall–Kier alpha value is -1.36. The standard InChI is InChI=1S/C14H25N5/c1-3-7-15-14-16-8-6-13(18-14)17-10-12-5-4-9-19(2)11-12/h6,8,12H,3-5,7,9-11H2,1-2H3,(H2,15,16,17,18). The van der Waals surface area contributed by atoms with E-state index in [1.165, 1.54) is 25.9 Å². The van der Waals surface area contributed by atoms with Crippen LogP contribution in [0, 0.1) is 5.92 Å². The van der Waals surface area contributed by atoms with Crippen molar-refractivity contribution in [2.75, 3.05) is 43.9 Å². The number of nitrogens with zero attached hydrogens (tertiary/aromatic N) is 3. The number of anilines is 2. The second-order valence-electron chi connectivity index (χ2n) is 5.34. The smallest absolute Gasteiger partial charge is 0.224 e. The molecule has 2 rings (SSSR count). The number of likely N-dealkylation sites (tertiary alicyclic amines) is 1. The summed E-state index contributed by atoms with van der Waals surface area (Å²) in [5.74, 6) is 2.36. The lowest BCUT2D eigenvalue weighted by Gasteiger charge is -2.29. The van der Waals surface area contributed by atoms with Crippen LogP contribution in [0.2, 0.25) is 0 Å². The Morgan fingerprint density at radius 1 is 1.42 bits per heavy atom. The van der Waals surface area contributed by atoms with Crippen LogP contribution in [-0.2, 0) is 0 Å². The maximum absolute atomic E-state index is 4.47. The zero-order valence-corrected chi connectivity index (χ0v) is 12.0. The average molecular weight is 263 g/mol. The summed E-state index contributed by atoms with van der Waals surface area (Å²) < 4.78 is 0. The van der Waals surface area contributed by atoms with Crippen LogP contribution in [0.3, 0.4) is 0 Å². The van der Waals surface area contributed by atoms with Crippen LogP contribution >= 0.6 is 0 Å². The first-order valence-corrected chi connectivity index (χ1v) is 7.27. The van der Waals surface area contributed by atoms with Gasteiger partial charge in [0, 0.05) is 25.8 Å². The first kappa shape index (κ1) is 14.1. The molecule has 1 unspecified atom stereocenters. The van der Waals surface area contributed by atoms with E-state index < -0.39 is 0 Å². The fraction of sp³-hybridized carbons (Fsp3) is 0.714. The molecular formula is C14H25N5. The lowest BCUT2D eigenvalue weighted by atomic mass is 9.98. The van der Waals surface area contributed by atoms with E-state index in [9.17, 15) is 0 Å². The highest BCUT2D eigenvalue weighted by atomic mass is 15.1. The van der Waals surface area contributed by atoms with Gasteiger partial charge in [-0.1, -0.05) is 6.92 Å². The van der Waals surface area contributed by atoms with Crippen LogP contribution in [0.25, 0.3) is 0 Å². The first-order valence-electron chi connectivity index (χ1n) is 7.27. The number of piperidine rings is 1. The Bertz CT molecular complexity index is 382. The van der Waals surface area contributed by atoms with Gasteiger partial charge in [-0.25, -0.2) is 4.98 Å². The number of hydrogen-bond acceptors (Lipinski definition) is 5. The molecule has 1 aliphatic rings. The summed E-state index contributed by atoms with van der Waals surface area (Å²) in [6.07, 6.45) is 5.50. The van der Waals surface area contributed by atoms with Crippen LogP contribution in [0.1, 0.15) is 26.2 Å². The molecule has 1 fully saturated rings. The van der Waals surface area contributed by atoms with E-state index in [2.05, 4.69) is 39.5 Å². The summed E-state index contributed by atoms with van der Waals surface area (Å²) >= 11 is 0. The molecule has 1 aliphatic heterocycles. The SMILES string of the molecule is CCCNc1nccc(NCC2CCCN(C)C2)n1. The van der Waals surface area contributed by atoms with Gasteiger partial charge < -0.3 is 15.5 Å². The van der Waals surface area contributed by atoms with Gasteiger partial charge in [-0.15, -0.1) is 0 Å². The van der Waals surface area contributed by atoms with Crippen molar-refractivity contribution in [3.63, 3.8) is 0 Å². The Morgan fingerprint density at radius 2 is 2.32 bits per heavy atom. The Labute approximate surface area is 115 Å². The van der Waals surface area contributed by atoms with E-state index in [4.69, 9.17) is 0 Å². The van der Waals surface area contributed by atoms with Gasteiger partial charge in [-0.2, -0.15) is 4.98 Å². The van der Waals surface area contributed by atoms with Crippen molar-refractivity contribution in [3.8, 4) is 0 Å². The van der Waals surface area contributed by atoms with Crippen LogP contribution in [0.15, 0.2) is 12.3 Å². The fourth-order valence-electron chi connectivity index (χ4n) is 2.47. The zero-order chi connectivity index (χ0) is 13.5. The monoisotopic (exact) mass is 263 g/mol. The van der Waals surface area contributed by atoms with E-state index in [-0.39, 0.29) is 0 Å². The highest BCUT2D eigenvalue weighted by Crippen LogP contribution is 2.16. The number of rotatable bonds is 6. The van der Waals surface area contributed by atoms with Crippen LogP contribution in [0.5, 0.6) is 0 Å². The van der Waals surface area contributed by atoms with Gasteiger partial charge in [0.15, 0.2) is 0 Å². The van der Waals surface area contributed by atoms with Crippen molar-refractivity contribution >= 4 is 11.8 Å². The molecule has 0 aromatic carbocycles. The summed E-state index contributed by atoms with van der Waals surface area (Å²) in [5.41, 5.74) is 0. The van der Waals surface area contributed by atoms with Crippen molar-refractivity contribution in [1.29, 1.82) is 0 Å². The highest BCUT2D eigenvalue weighted by Gasteiger charge is 2.16. The van der Waals surface area contributed by atoms with E-state index in [0.29, 0.717) is 5.95 Å². The molecule has 0 aliphatic carbocycles. The van der Waals surface area contributed by atoms with E-state index >= 15 is 0 Å². The molecule has 19 heavy (non-hydrogen) atoms. The molecule has 106 valence electrons. The molecule has 1 aromatic rings. The third kappa shape index (κ3) is 4.67. The maximum Gasteiger partial charge on any atom is 0.224 e. The minimum atomic E-state index is 0.715. The molecule has 5 nitrogen and oxygen atoms in total. The third-order valence-corrected chi connectivity index (χ3v) is 3.48. The minimum Gasteiger partial charge on any atom is -0.370 e. The van der Waals surface area contributed by atoms with Crippen molar-refractivity contribution in [1.82, 2.24) is 14.9 Å². The van der Waals surface area contributed by atoms with Gasteiger partial charge in [0.05, 0.1) is 0 Å². The molecule has 1 atom stereocenters. The number of nitrogens with one attached hydrogen (secondary N) is 2. The topological polar surface area (TPSA) is 53.1 Å². The Balaban J connectivity index is 1.81. The van der Waals surface area contributed by atoms with Crippen molar-refractivity contribution in [2.45, 2.75) is 26.2 Å². The van der Waals surface area contributed by atoms with Gasteiger partial charge in [0.1, 0.15) is 5.82 Å². The quantitative estimate of drug-likeness (QED) is 0.822. The number of hydrogen-bond donors (Lipinski definition) is 2. The predicted molar refractivity (Wildman–Crippen MR) is 79.5 cm³/mol. The van der Waals surface area contributed by atoms with Crippen molar-refractivity contribution in [2.24, 2.45) is 5.92 Å². The van der Waals surface area contributed by atoms with E-state index in [1.54, 1.807) is 6.20 Å². The largest absolute Gasteiger partial charge is 0.370 e. The van der Waals surface area contributed by atoms with Gasteiger partial charge in [-0.05, 0) is 44.8 Å². The number of aromatic nitrogens is 2. The summed E-state index contributed by atoms with van der Waals surface area (Å²) in [6.45, 7) is 6.45. The zero-order valence-electron chi connectivity index (χ0n) is 12.0. The first-order chi connectivity index (χ1) is 9.28. The van der Waals surface area contributed by atoms with Gasteiger partial charge in [0.25, 0.3) is 0 Å². The lowest BCUT2D eigenvalue weighted by Crippen LogP contribution is -2.35. The maximum atomic E-state index is 4.47. The van der Waals surface area contributed by atoms with Crippen LogP contribution in [0.4, 0.5) is 11.8 Å². The molecule has 0 bridgehead atoms. The second-order valence-corrected chi connectivity index (χ2v) is 5.34. The fourth-order valence-corrected chi connectivity index (χ4v) is 2.47. The van der Waals surface area contributed by atoms with Crippen molar-refractivity contribution in [3.05, 3.63) is 12.3 Å². The van der Waals surface area contributed by atoms with Gasteiger partial charge in [-0.3, -0.25) is 0 Å².